The third-order valence-electron chi connectivity index (χ3n) is 8.46. The molecule has 4 aliphatic rings. The summed E-state index contributed by atoms with van der Waals surface area (Å²) in [6.45, 7) is 6.26. The van der Waals surface area contributed by atoms with E-state index < -0.39 is 6.10 Å². The number of rotatable bonds is 1. The van der Waals surface area contributed by atoms with Crippen LogP contribution in [0.15, 0.2) is 11.6 Å². The van der Waals surface area contributed by atoms with Crippen LogP contribution < -0.4 is 5.32 Å². The SMILES string of the molecule is CC(=O)N[C@@H]1[C@H](O)C[C@@H]2[C@@H]3CC=C4C[C@H](O)CC[C@]4(C)[C@H]3CC[C@@]21C. The molecule has 0 aromatic heterocycles. The largest absolute Gasteiger partial charge is 0.393 e. The van der Waals surface area contributed by atoms with Gasteiger partial charge in [0.05, 0.1) is 18.2 Å². The second-order valence-electron chi connectivity index (χ2n) is 9.68. The number of hydrogen-bond acceptors (Lipinski definition) is 3. The maximum absolute atomic E-state index is 11.7. The topological polar surface area (TPSA) is 69.6 Å². The third kappa shape index (κ3) is 2.51. The summed E-state index contributed by atoms with van der Waals surface area (Å²) in [6, 6.07) is -0.109. The maximum atomic E-state index is 11.7. The highest BCUT2D eigenvalue weighted by molar-refractivity contribution is 5.73. The number of fused-ring (bicyclic) bond motifs is 5. The first-order chi connectivity index (χ1) is 11.8. The number of amides is 1. The molecule has 140 valence electrons. The Hall–Kier alpha value is -0.870. The van der Waals surface area contributed by atoms with Crippen molar-refractivity contribution in [2.24, 2.45) is 28.6 Å². The van der Waals surface area contributed by atoms with Crippen LogP contribution in [0.2, 0.25) is 0 Å². The molecule has 0 bridgehead atoms. The summed E-state index contributed by atoms with van der Waals surface area (Å²) >= 11 is 0. The second kappa shape index (κ2) is 5.82. The van der Waals surface area contributed by atoms with Crippen molar-refractivity contribution in [2.45, 2.75) is 84.0 Å². The third-order valence-corrected chi connectivity index (χ3v) is 8.46. The van der Waals surface area contributed by atoms with Crippen molar-refractivity contribution in [1.82, 2.24) is 5.32 Å². The van der Waals surface area contributed by atoms with Gasteiger partial charge in [-0.3, -0.25) is 4.79 Å². The first kappa shape index (κ1) is 17.5. The summed E-state index contributed by atoms with van der Waals surface area (Å²) in [7, 11) is 0. The van der Waals surface area contributed by atoms with Gasteiger partial charge >= 0.3 is 0 Å². The highest BCUT2D eigenvalue weighted by Gasteiger charge is 2.61. The van der Waals surface area contributed by atoms with E-state index in [0.717, 1.165) is 38.5 Å². The van der Waals surface area contributed by atoms with E-state index in [1.54, 1.807) is 6.92 Å². The molecular weight excluding hydrogens is 314 g/mol. The number of nitrogens with one attached hydrogen (secondary N) is 1. The van der Waals surface area contributed by atoms with Gasteiger partial charge in [0.25, 0.3) is 0 Å². The number of hydrogen-bond donors (Lipinski definition) is 3. The minimum Gasteiger partial charge on any atom is -0.393 e. The smallest absolute Gasteiger partial charge is 0.217 e. The van der Waals surface area contributed by atoms with Crippen LogP contribution in [-0.4, -0.2) is 34.4 Å². The summed E-state index contributed by atoms with van der Waals surface area (Å²) in [4.78, 5) is 11.7. The van der Waals surface area contributed by atoms with Crippen molar-refractivity contribution >= 4 is 5.91 Å². The van der Waals surface area contributed by atoms with Crippen LogP contribution in [0, 0.1) is 28.6 Å². The molecule has 3 fully saturated rings. The average Bonchev–Trinajstić information content (AvgIpc) is 2.79. The molecule has 0 radical (unpaired) electrons. The lowest BCUT2D eigenvalue weighted by molar-refractivity contribution is -0.122. The quantitative estimate of drug-likeness (QED) is 0.639. The zero-order valence-corrected chi connectivity index (χ0v) is 15.8. The molecule has 4 nitrogen and oxygen atoms in total. The molecule has 1 amide bonds. The number of carbonyl (C=O) groups excluding carboxylic acids is 1. The standard InChI is InChI=1S/C21H33NO3/c1-12(23)22-19-18(25)11-17-15-5-4-13-10-14(24)6-8-20(13,2)16(15)7-9-21(17,19)3/h4,14-19,24-25H,5-11H2,1-3H3,(H,22,23)/t14-,15-,16+,17-,18-,19-,20+,21+/m1/s1. The Bertz CT molecular complexity index is 602. The molecule has 25 heavy (non-hydrogen) atoms. The van der Waals surface area contributed by atoms with Gasteiger partial charge in [0.15, 0.2) is 0 Å². The van der Waals surface area contributed by atoms with Crippen molar-refractivity contribution in [3.05, 3.63) is 11.6 Å². The Morgan fingerprint density at radius 2 is 1.96 bits per heavy atom. The number of allylic oxidation sites excluding steroid dienone is 1. The van der Waals surface area contributed by atoms with Gasteiger partial charge in [-0.15, -0.1) is 0 Å². The van der Waals surface area contributed by atoms with E-state index in [2.05, 4.69) is 25.2 Å². The number of aliphatic hydroxyl groups excluding tert-OH is 2. The molecule has 0 unspecified atom stereocenters. The molecule has 4 rings (SSSR count). The van der Waals surface area contributed by atoms with Crippen molar-refractivity contribution in [1.29, 1.82) is 0 Å². The summed E-state index contributed by atoms with van der Waals surface area (Å²) in [5, 5.41) is 23.8. The highest BCUT2D eigenvalue weighted by Crippen LogP contribution is 2.64. The molecule has 0 heterocycles. The van der Waals surface area contributed by atoms with E-state index in [4.69, 9.17) is 0 Å². The van der Waals surface area contributed by atoms with E-state index in [1.807, 2.05) is 0 Å². The van der Waals surface area contributed by atoms with Gasteiger partial charge < -0.3 is 15.5 Å². The van der Waals surface area contributed by atoms with Crippen LogP contribution in [-0.2, 0) is 4.79 Å². The van der Waals surface area contributed by atoms with Gasteiger partial charge in [-0.1, -0.05) is 25.5 Å². The summed E-state index contributed by atoms with van der Waals surface area (Å²) in [6.07, 6.45) is 8.79. The molecule has 8 atom stereocenters. The second-order valence-corrected chi connectivity index (χ2v) is 9.68. The molecule has 4 heteroatoms. The normalized spacial score (nSPS) is 51.8. The van der Waals surface area contributed by atoms with Crippen molar-refractivity contribution < 1.29 is 15.0 Å². The first-order valence-corrected chi connectivity index (χ1v) is 10.1. The average molecular weight is 347 g/mol. The van der Waals surface area contributed by atoms with Gasteiger partial charge in [0.1, 0.15) is 0 Å². The van der Waals surface area contributed by atoms with Gasteiger partial charge in [-0.25, -0.2) is 0 Å². The number of aliphatic hydroxyl groups is 2. The van der Waals surface area contributed by atoms with Crippen molar-refractivity contribution in [3.63, 3.8) is 0 Å². The molecule has 0 saturated heterocycles. The summed E-state index contributed by atoms with van der Waals surface area (Å²) in [5.41, 5.74) is 1.70. The van der Waals surface area contributed by atoms with Crippen LogP contribution in [0.1, 0.15) is 65.7 Å². The molecule has 3 saturated carbocycles. The van der Waals surface area contributed by atoms with Crippen LogP contribution >= 0.6 is 0 Å². The minimum absolute atomic E-state index is 0.00212. The summed E-state index contributed by atoms with van der Waals surface area (Å²) in [5.74, 6) is 1.68. The Kier molecular flexibility index (Phi) is 4.08. The maximum Gasteiger partial charge on any atom is 0.217 e. The lowest BCUT2D eigenvalue weighted by Gasteiger charge is -2.57. The Morgan fingerprint density at radius 1 is 1.20 bits per heavy atom. The fraction of sp³-hybridized carbons (Fsp3) is 0.857. The molecule has 0 aliphatic heterocycles. The molecule has 4 aliphatic carbocycles. The lowest BCUT2D eigenvalue weighted by atomic mass is 9.48. The first-order valence-electron chi connectivity index (χ1n) is 10.1. The minimum atomic E-state index is -0.427. The Morgan fingerprint density at radius 3 is 2.68 bits per heavy atom. The predicted octanol–water partition coefficient (Wildman–Crippen LogP) is 2.79. The van der Waals surface area contributed by atoms with E-state index in [-0.39, 0.29) is 28.9 Å². The molecule has 3 N–H and O–H groups in total. The van der Waals surface area contributed by atoms with E-state index in [9.17, 15) is 15.0 Å². The number of carbonyl (C=O) groups is 1. The molecule has 0 aromatic rings. The van der Waals surface area contributed by atoms with Gasteiger partial charge in [0, 0.05) is 6.92 Å². The molecular formula is C21H33NO3. The van der Waals surface area contributed by atoms with E-state index >= 15 is 0 Å². The van der Waals surface area contributed by atoms with Gasteiger partial charge in [-0.05, 0) is 73.5 Å². The zero-order valence-electron chi connectivity index (χ0n) is 15.8. The van der Waals surface area contributed by atoms with E-state index in [1.165, 1.54) is 12.0 Å². The zero-order chi connectivity index (χ0) is 18.0. The van der Waals surface area contributed by atoms with Crippen LogP contribution in [0.25, 0.3) is 0 Å². The van der Waals surface area contributed by atoms with Crippen molar-refractivity contribution in [3.8, 4) is 0 Å². The van der Waals surface area contributed by atoms with Crippen LogP contribution in [0.5, 0.6) is 0 Å². The Labute approximate surface area is 151 Å². The van der Waals surface area contributed by atoms with Crippen LogP contribution in [0.3, 0.4) is 0 Å². The van der Waals surface area contributed by atoms with Crippen molar-refractivity contribution in [2.75, 3.05) is 0 Å². The summed E-state index contributed by atoms with van der Waals surface area (Å²) < 4.78 is 0. The monoisotopic (exact) mass is 347 g/mol. The molecule has 0 aromatic carbocycles. The fourth-order valence-electron chi connectivity index (χ4n) is 7.14. The lowest BCUT2D eigenvalue weighted by Crippen LogP contribution is -2.55. The predicted molar refractivity (Wildman–Crippen MR) is 96.7 cm³/mol. The van der Waals surface area contributed by atoms with Gasteiger partial charge in [-0.2, -0.15) is 0 Å². The van der Waals surface area contributed by atoms with Gasteiger partial charge in [0.2, 0.25) is 5.91 Å². The van der Waals surface area contributed by atoms with E-state index in [0.29, 0.717) is 17.8 Å². The van der Waals surface area contributed by atoms with Crippen LogP contribution in [0.4, 0.5) is 0 Å². The Balaban J connectivity index is 1.64. The molecule has 0 spiro atoms. The highest BCUT2D eigenvalue weighted by atomic mass is 16.3. The fourth-order valence-corrected chi connectivity index (χ4v) is 7.14.